The van der Waals surface area contributed by atoms with Gasteiger partial charge in [-0.15, -0.1) is 11.3 Å². The number of fused-ring (bicyclic) bond motifs is 1. The van der Waals surface area contributed by atoms with Crippen molar-refractivity contribution < 1.29 is 9.53 Å². The predicted molar refractivity (Wildman–Crippen MR) is 95.4 cm³/mol. The van der Waals surface area contributed by atoms with Gasteiger partial charge in [-0.05, 0) is 56.2 Å². The highest BCUT2D eigenvalue weighted by molar-refractivity contribution is 7.16. The number of aryl methyl sites for hydroxylation is 2. The molecule has 0 radical (unpaired) electrons. The van der Waals surface area contributed by atoms with Crippen LogP contribution in [-0.2, 0) is 17.6 Å². The smallest absolute Gasteiger partial charge is 0.341 e. The summed E-state index contributed by atoms with van der Waals surface area (Å²) in [6, 6.07) is 8.12. The Labute approximate surface area is 141 Å². The maximum Gasteiger partial charge on any atom is 0.341 e. The van der Waals surface area contributed by atoms with Gasteiger partial charge in [-0.2, -0.15) is 0 Å². The van der Waals surface area contributed by atoms with Crippen molar-refractivity contribution in [2.75, 3.05) is 6.61 Å². The van der Waals surface area contributed by atoms with Crippen molar-refractivity contribution in [2.45, 2.75) is 39.5 Å². The van der Waals surface area contributed by atoms with Gasteiger partial charge >= 0.3 is 5.97 Å². The Morgan fingerprint density at radius 2 is 2.09 bits per heavy atom. The number of ether oxygens (including phenoxy) is 1. The molecule has 1 aromatic heterocycles. The maximum absolute atomic E-state index is 12.4. The van der Waals surface area contributed by atoms with Crippen LogP contribution in [0.15, 0.2) is 29.3 Å². The number of carbonyl (C=O) groups is 1. The standard InChI is InChI=1S/C19H21NO2S/c1-3-22-19(21)17-15-10-6-7-11-16(15)23-18(17)20-12-14-9-5-4-8-13(14)2/h4-5,8-9,12H,3,6-7,10-11H2,1-2H3. The molecule has 3 nitrogen and oxygen atoms in total. The van der Waals surface area contributed by atoms with Crippen molar-refractivity contribution in [2.24, 2.45) is 4.99 Å². The minimum atomic E-state index is -0.233. The van der Waals surface area contributed by atoms with E-state index < -0.39 is 0 Å². The van der Waals surface area contributed by atoms with Gasteiger partial charge in [0.25, 0.3) is 0 Å². The van der Waals surface area contributed by atoms with Crippen LogP contribution in [-0.4, -0.2) is 18.8 Å². The number of rotatable bonds is 4. The molecule has 4 heteroatoms. The van der Waals surface area contributed by atoms with Crippen molar-refractivity contribution in [3.05, 3.63) is 51.4 Å². The number of benzene rings is 1. The first-order valence-corrected chi connectivity index (χ1v) is 8.93. The Morgan fingerprint density at radius 3 is 2.87 bits per heavy atom. The van der Waals surface area contributed by atoms with E-state index in [2.05, 4.69) is 18.0 Å². The fourth-order valence-electron chi connectivity index (χ4n) is 2.92. The summed E-state index contributed by atoms with van der Waals surface area (Å²) in [7, 11) is 0. The Bertz CT molecular complexity index is 746. The summed E-state index contributed by atoms with van der Waals surface area (Å²) in [5.41, 5.74) is 4.11. The molecule has 2 aromatic rings. The highest BCUT2D eigenvalue weighted by atomic mass is 32.1. The number of esters is 1. The third kappa shape index (κ3) is 3.37. The normalized spacial score (nSPS) is 14.0. The van der Waals surface area contributed by atoms with Gasteiger partial charge in [0, 0.05) is 11.1 Å². The first kappa shape index (κ1) is 15.9. The van der Waals surface area contributed by atoms with E-state index >= 15 is 0 Å². The van der Waals surface area contributed by atoms with Gasteiger partial charge in [0.1, 0.15) is 5.00 Å². The number of hydrogen-bond donors (Lipinski definition) is 0. The topological polar surface area (TPSA) is 38.7 Å². The summed E-state index contributed by atoms with van der Waals surface area (Å²) in [5.74, 6) is -0.233. The zero-order chi connectivity index (χ0) is 16.2. The van der Waals surface area contributed by atoms with Crippen molar-refractivity contribution >= 4 is 28.5 Å². The summed E-state index contributed by atoms with van der Waals surface area (Å²) in [4.78, 5) is 18.3. The second-order valence-electron chi connectivity index (χ2n) is 5.73. The molecule has 0 bridgehead atoms. The van der Waals surface area contributed by atoms with E-state index in [0.29, 0.717) is 12.2 Å². The van der Waals surface area contributed by atoms with Crippen LogP contribution in [0.25, 0.3) is 0 Å². The number of carbonyl (C=O) groups excluding carboxylic acids is 1. The summed E-state index contributed by atoms with van der Waals surface area (Å²) in [6.07, 6.45) is 6.19. The molecule has 0 saturated heterocycles. The molecule has 0 N–H and O–H groups in total. The van der Waals surface area contributed by atoms with Crippen molar-refractivity contribution in [1.29, 1.82) is 0 Å². The van der Waals surface area contributed by atoms with Gasteiger partial charge in [0.15, 0.2) is 0 Å². The predicted octanol–water partition coefficient (Wildman–Crippen LogP) is 4.86. The molecule has 0 amide bonds. The molecule has 120 valence electrons. The van der Waals surface area contributed by atoms with Crippen LogP contribution in [0.1, 0.15) is 51.7 Å². The van der Waals surface area contributed by atoms with Crippen LogP contribution in [0.4, 0.5) is 5.00 Å². The first-order valence-electron chi connectivity index (χ1n) is 8.12. The number of nitrogens with zero attached hydrogens (tertiary/aromatic N) is 1. The quantitative estimate of drug-likeness (QED) is 0.594. The van der Waals surface area contributed by atoms with Gasteiger partial charge in [-0.3, -0.25) is 0 Å². The van der Waals surface area contributed by atoms with E-state index in [1.165, 1.54) is 16.9 Å². The molecular formula is C19H21NO2S. The monoisotopic (exact) mass is 327 g/mol. The third-order valence-electron chi connectivity index (χ3n) is 4.14. The lowest BCUT2D eigenvalue weighted by molar-refractivity contribution is 0.0526. The zero-order valence-electron chi connectivity index (χ0n) is 13.6. The molecule has 0 saturated carbocycles. The molecule has 0 aliphatic heterocycles. The Balaban J connectivity index is 1.99. The maximum atomic E-state index is 12.4. The van der Waals surface area contributed by atoms with Gasteiger partial charge in [0.2, 0.25) is 0 Å². The van der Waals surface area contributed by atoms with Crippen LogP contribution in [0, 0.1) is 6.92 Å². The summed E-state index contributed by atoms with van der Waals surface area (Å²) in [5, 5.41) is 0.790. The summed E-state index contributed by atoms with van der Waals surface area (Å²) < 4.78 is 5.26. The zero-order valence-corrected chi connectivity index (χ0v) is 14.4. The number of thiophene rings is 1. The highest BCUT2D eigenvalue weighted by Gasteiger charge is 2.25. The lowest BCUT2D eigenvalue weighted by Crippen LogP contribution is -2.09. The number of aliphatic imine (C=N–C) groups is 1. The van der Waals surface area contributed by atoms with Crippen LogP contribution in [0.3, 0.4) is 0 Å². The molecule has 23 heavy (non-hydrogen) atoms. The fraction of sp³-hybridized carbons (Fsp3) is 0.368. The van der Waals surface area contributed by atoms with Gasteiger partial charge in [-0.1, -0.05) is 24.3 Å². The molecule has 0 atom stereocenters. The summed E-state index contributed by atoms with van der Waals surface area (Å²) in [6.45, 7) is 4.30. The molecule has 0 fully saturated rings. The molecule has 0 unspecified atom stereocenters. The van der Waals surface area contributed by atoms with E-state index in [1.807, 2.05) is 31.3 Å². The lowest BCUT2D eigenvalue weighted by Gasteiger charge is -2.11. The Morgan fingerprint density at radius 1 is 1.30 bits per heavy atom. The van der Waals surface area contributed by atoms with Gasteiger partial charge in [0.05, 0.1) is 12.2 Å². The van der Waals surface area contributed by atoms with Crippen molar-refractivity contribution in [3.63, 3.8) is 0 Å². The van der Waals surface area contributed by atoms with E-state index in [1.54, 1.807) is 11.3 Å². The van der Waals surface area contributed by atoms with E-state index in [9.17, 15) is 4.79 Å². The Hall–Kier alpha value is -1.94. The Kier molecular flexibility index (Phi) is 4.91. The number of hydrogen-bond acceptors (Lipinski definition) is 4. The largest absolute Gasteiger partial charge is 0.462 e. The average Bonchev–Trinajstić information content (AvgIpc) is 2.92. The van der Waals surface area contributed by atoms with Crippen molar-refractivity contribution in [3.8, 4) is 0 Å². The molecule has 1 aliphatic rings. The van der Waals surface area contributed by atoms with E-state index in [4.69, 9.17) is 4.74 Å². The molecule has 0 spiro atoms. The van der Waals surface area contributed by atoms with E-state index in [0.717, 1.165) is 35.4 Å². The van der Waals surface area contributed by atoms with Gasteiger partial charge < -0.3 is 4.74 Å². The highest BCUT2D eigenvalue weighted by Crippen LogP contribution is 2.40. The SMILES string of the molecule is CCOC(=O)c1c(N=Cc2ccccc2C)sc2c1CCCC2. The van der Waals surface area contributed by atoms with Crippen molar-refractivity contribution in [1.82, 2.24) is 0 Å². The molecule has 1 heterocycles. The van der Waals surface area contributed by atoms with E-state index in [-0.39, 0.29) is 5.97 Å². The summed E-state index contributed by atoms with van der Waals surface area (Å²) >= 11 is 1.64. The fourth-order valence-corrected chi connectivity index (χ4v) is 4.14. The second kappa shape index (κ2) is 7.09. The molecule has 3 rings (SSSR count). The minimum absolute atomic E-state index is 0.233. The first-order chi connectivity index (χ1) is 11.2. The minimum Gasteiger partial charge on any atom is -0.462 e. The molecule has 1 aliphatic carbocycles. The average molecular weight is 327 g/mol. The van der Waals surface area contributed by atoms with Gasteiger partial charge in [-0.25, -0.2) is 9.79 Å². The second-order valence-corrected chi connectivity index (χ2v) is 6.81. The lowest BCUT2D eigenvalue weighted by atomic mass is 9.95. The third-order valence-corrected chi connectivity index (χ3v) is 5.34. The van der Waals surface area contributed by atoms with Crippen LogP contribution in [0.5, 0.6) is 0 Å². The molecular weight excluding hydrogens is 306 g/mol. The van der Waals surface area contributed by atoms with Crippen LogP contribution < -0.4 is 0 Å². The van der Waals surface area contributed by atoms with Crippen LogP contribution >= 0.6 is 11.3 Å². The molecule has 1 aromatic carbocycles. The van der Waals surface area contributed by atoms with Crippen LogP contribution in [0.2, 0.25) is 0 Å².